The average molecular weight is 324 g/mol. The van der Waals surface area contributed by atoms with E-state index in [1.165, 1.54) is 7.11 Å². The van der Waals surface area contributed by atoms with Crippen molar-refractivity contribution in [2.75, 3.05) is 27.9 Å². The van der Waals surface area contributed by atoms with Crippen LogP contribution in [0.15, 0.2) is 24.3 Å². The number of ether oxygens (including phenoxy) is 3. The number of hydrogen-bond acceptors (Lipinski definition) is 6. The summed E-state index contributed by atoms with van der Waals surface area (Å²) in [5, 5.41) is 0. The van der Waals surface area contributed by atoms with Gasteiger partial charge in [0.25, 0.3) is 0 Å². The van der Waals surface area contributed by atoms with Gasteiger partial charge in [0.1, 0.15) is 0 Å². The second kappa shape index (κ2) is 9.74. The zero-order valence-corrected chi connectivity index (χ0v) is 14.1. The fourth-order valence-corrected chi connectivity index (χ4v) is 2.02. The molecule has 6 nitrogen and oxygen atoms in total. The van der Waals surface area contributed by atoms with Gasteiger partial charge in [0.15, 0.2) is 5.75 Å². The first-order valence-electron chi connectivity index (χ1n) is 7.32. The van der Waals surface area contributed by atoms with Crippen molar-refractivity contribution in [3.05, 3.63) is 29.8 Å². The minimum atomic E-state index is -0.362. The molecule has 0 aliphatic carbocycles. The SMILES string of the molecule is C=C(C)C(=O)OCCCCc1ccc(OC)c(OC)c1OOC. The second-order valence-corrected chi connectivity index (χ2v) is 4.91. The Balaban J connectivity index is 2.65. The number of aryl methyl sites for hydroxylation is 1. The van der Waals surface area contributed by atoms with Gasteiger partial charge in [-0.1, -0.05) is 12.6 Å². The number of carbonyl (C=O) groups is 1. The number of methoxy groups -OCH3 is 2. The van der Waals surface area contributed by atoms with Gasteiger partial charge in [0.05, 0.1) is 27.9 Å². The molecule has 0 aromatic heterocycles. The Bertz CT molecular complexity index is 538. The van der Waals surface area contributed by atoms with Crippen molar-refractivity contribution in [3.63, 3.8) is 0 Å². The molecule has 0 atom stereocenters. The van der Waals surface area contributed by atoms with Crippen LogP contribution in [0, 0.1) is 0 Å². The van der Waals surface area contributed by atoms with Crippen molar-refractivity contribution in [2.24, 2.45) is 0 Å². The van der Waals surface area contributed by atoms with Gasteiger partial charge in [-0.05, 0) is 32.3 Å². The standard InChI is InChI=1S/C17H24O6/c1-12(2)17(18)22-11-7-6-8-13-9-10-14(19-3)16(20-4)15(13)23-21-5/h9-10H,1,6-8,11H2,2-5H3. The highest BCUT2D eigenvalue weighted by Gasteiger charge is 2.17. The van der Waals surface area contributed by atoms with E-state index in [9.17, 15) is 4.79 Å². The maximum Gasteiger partial charge on any atom is 0.333 e. The quantitative estimate of drug-likeness (QED) is 0.217. The van der Waals surface area contributed by atoms with E-state index in [1.54, 1.807) is 21.1 Å². The molecular formula is C17H24O6. The fraction of sp³-hybridized carbons (Fsp3) is 0.471. The Morgan fingerprint density at radius 3 is 2.39 bits per heavy atom. The Labute approximate surface area is 136 Å². The molecule has 0 radical (unpaired) electrons. The number of rotatable bonds is 10. The van der Waals surface area contributed by atoms with Crippen LogP contribution in [0.25, 0.3) is 0 Å². The van der Waals surface area contributed by atoms with E-state index in [0.29, 0.717) is 29.4 Å². The van der Waals surface area contributed by atoms with Crippen molar-refractivity contribution in [2.45, 2.75) is 26.2 Å². The van der Waals surface area contributed by atoms with E-state index >= 15 is 0 Å². The molecule has 0 bridgehead atoms. The predicted octanol–water partition coefficient (Wildman–Crippen LogP) is 3.09. The minimum Gasteiger partial charge on any atom is -0.493 e. The van der Waals surface area contributed by atoms with Crippen LogP contribution in [0.1, 0.15) is 25.3 Å². The van der Waals surface area contributed by atoms with E-state index in [0.717, 1.165) is 24.8 Å². The Morgan fingerprint density at radius 2 is 1.83 bits per heavy atom. The van der Waals surface area contributed by atoms with Gasteiger partial charge >= 0.3 is 5.97 Å². The summed E-state index contributed by atoms with van der Waals surface area (Å²) in [6, 6.07) is 3.72. The summed E-state index contributed by atoms with van der Waals surface area (Å²) in [4.78, 5) is 21.3. The first-order valence-corrected chi connectivity index (χ1v) is 7.32. The summed E-state index contributed by atoms with van der Waals surface area (Å²) in [5.41, 5.74) is 1.33. The summed E-state index contributed by atoms with van der Waals surface area (Å²) in [6.07, 6.45) is 2.28. The van der Waals surface area contributed by atoms with Crippen LogP contribution < -0.4 is 14.4 Å². The van der Waals surface area contributed by atoms with E-state index in [4.69, 9.17) is 24.0 Å². The van der Waals surface area contributed by atoms with Crippen LogP contribution in [0.5, 0.6) is 17.2 Å². The molecule has 0 saturated carbocycles. The molecule has 1 rings (SSSR count). The Kier molecular flexibility index (Phi) is 7.97. The van der Waals surface area contributed by atoms with Crippen LogP contribution >= 0.6 is 0 Å². The van der Waals surface area contributed by atoms with Crippen molar-refractivity contribution in [1.82, 2.24) is 0 Å². The van der Waals surface area contributed by atoms with Gasteiger partial charge < -0.3 is 19.1 Å². The predicted molar refractivity (Wildman–Crippen MR) is 85.9 cm³/mol. The van der Waals surface area contributed by atoms with E-state index < -0.39 is 0 Å². The van der Waals surface area contributed by atoms with Crippen molar-refractivity contribution >= 4 is 5.97 Å². The van der Waals surface area contributed by atoms with Gasteiger partial charge in [-0.2, -0.15) is 4.89 Å². The third-order valence-corrected chi connectivity index (χ3v) is 3.17. The smallest absolute Gasteiger partial charge is 0.333 e. The highest BCUT2D eigenvalue weighted by atomic mass is 17.2. The monoisotopic (exact) mass is 324 g/mol. The van der Waals surface area contributed by atoms with Crippen LogP contribution in [0.2, 0.25) is 0 Å². The lowest BCUT2D eigenvalue weighted by molar-refractivity contribution is -0.179. The molecule has 0 unspecified atom stereocenters. The fourth-order valence-electron chi connectivity index (χ4n) is 2.02. The summed E-state index contributed by atoms with van der Waals surface area (Å²) < 4.78 is 15.6. The molecule has 0 amide bonds. The van der Waals surface area contributed by atoms with Crippen molar-refractivity contribution in [3.8, 4) is 17.2 Å². The molecule has 23 heavy (non-hydrogen) atoms. The van der Waals surface area contributed by atoms with Gasteiger partial charge in [-0.25, -0.2) is 4.79 Å². The van der Waals surface area contributed by atoms with E-state index in [-0.39, 0.29) is 5.97 Å². The van der Waals surface area contributed by atoms with E-state index in [2.05, 4.69) is 6.58 Å². The summed E-state index contributed by atoms with van der Waals surface area (Å²) in [7, 11) is 4.53. The van der Waals surface area contributed by atoms with Gasteiger partial charge in [0, 0.05) is 11.1 Å². The zero-order valence-electron chi connectivity index (χ0n) is 14.1. The number of benzene rings is 1. The normalized spacial score (nSPS) is 10.1. The maximum atomic E-state index is 11.3. The lowest BCUT2D eigenvalue weighted by Crippen LogP contribution is -2.06. The largest absolute Gasteiger partial charge is 0.493 e. The zero-order chi connectivity index (χ0) is 17.2. The van der Waals surface area contributed by atoms with Crippen LogP contribution in [0.4, 0.5) is 0 Å². The molecule has 0 saturated heterocycles. The lowest BCUT2D eigenvalue weighted by Gasteiger charge is -2.15. The topological polar surface area (TPSA) is 63.2 Å². The molecule has 128 valence electrons. The Morgan fingerprint density at radius 1 is 1.09 bits per heavy atom. The van der Waals surface area contributed by atoms with Crippen molar-refractivity contribution < 1.29 is 28.8 Å². The maximum absolute atomic E-state index is 11.3. The average Bonchev–Trinajstić information content (AvgIpc) is 2.54. The third-order valence-electron chi connectivity index (χ3n) is 3.17. The highest BCUT2D eigenvalue weighted by molar-refractivity contribution is 5.86. The number of hydrogen-bond donors (Lipinski definition) is 0. The first kappa shape index (κ1) is 18.8. The van der Waals surface area contributed by atoms with Gasteiger partial charge in [-0.15, -0.1) is 0 Å². The molecule has 0 aliphatic rings. The van der Waals surface area contributed by atoms with E-state index in [1.807, 2.05) is 12.1 Å². The van der Waals surface area contributed by atoms with Gasteiger partial charge in [-0.3, -0.25) is 0 Å². The molecular weight excluding hydrogens is 300 g/mol. The summed E-state index contributed by atoms with van der Waals surface area (Å²) in [6.45, 7) is 5.52. The second-order valence-electron chi connectivity index (χ2n) is 4.91. The molecule has 0 N–H and O–H groups in total. The third kappa shape index (κ3) is 5.49. The summed E-state index contributed by atoms with van der Waals surface area (Å²) in [5.74, 6) is 1.19. The van der Waals surface area contributed by atoms with Crippen LogP contribution in [-0.4, -0.2) is 33.9 Å². The van der Waals surface area contributed by atoms with Crippen molar-refractivity contribution in [1.29, 1.82) is 0 Å². The minimum absolute atomic E-state index is 0.361. The number of esters is 1. The molecule has 0 fully saturated rings. The molecule has 0 aliphatic heterocycles. The summed E-state index contributed by atoms with van der Waals surface area (Å²) >= 11 is 0. The lowest BCUT2D eigenvalue weighted by atomic mass is 10.1. The highest BCUT2D eigenvalue weighted by Crippen LogP contribution is 2.40. The van der Waals surface area contributed by atoms with Crippen LogP contribution in [0.3, 0.4) is 0 Å². The van der Waals surface area contributed by atoms with Crippen LogP contribution in [-0.2, 0) is 20.8 Å². The number of carbonyl (C=O) groups excluding carboxylic acids is 1. The molecule has 6 heteroatoms. The molecule has 1 aromatic carbocycles. The van der Waals surface area contributed by atoms with Gasteiger partial charge in [0.2, 0.25) is 11.5 Å². The molecule has 1 aromatic rings. The molecule has 0 heterocycles. The molecule has 0 spiro atoms. The first-order chi connectivity index (χ1) is 11.0. The Hall–Kier alpha value is -2.21. The number of unbranched alkanes of at least 4 members (excludes halogenated alkanes) is 1.